The van der Waals surface area contributed by atoms with E-state index in [0.29, 0.717) is 12.5 Å². The molecule has 0 bridgehead atoms. The molecule has 1 aliphatic rings. The Morgan fingerprint density at radius 1 is 1.39 bits per heavy atom. The van der Waals surface area contributed by atoms with E-state index in [-0.39, 0.29) is 17.7 Å². The Labute approximate surface area is 106 Å². The van der Waals surface area contributed by atoms with Crippen molar-refractivity contribution < 1.29 is 13.9 Å². The van der Waals surface area contributed by atoms with Crippen molar-refractivity contribution in [3.63, 3.8) is 0 Å². The lowest BCUT2D eigenvalue weighted by atomic mass is 9.80. The summed E-state index contributed by atoms with van der Waals surface area (Å²) >= 11 is 0. The molecule has 0 saturated heterocycles. The largest absolute Gasteiger partial charge is 0.466 e. The first-order valence-electron chi connectivity index (χ1n) is 6.48. The monoisotopic (exact) mass is 251 g/mol. The van der Waals surface area contributed by atoms with Gasteiger partial charge >= 0.3 is 5.97 Å². The molecular formula is C14H18FNO2. The molecule has 0 spiro atoms. The van der Waals surface area contributed by atoms with E-state index in [1.165, 1.54) is 12.3 Å². The highest BCUT2D eigenvalue weighted by Gasteiger charge is 2.28. The Balaban J connectivity index is 1.90. The maximum absolute atomic E-state index is 12.8. The third kappa shape index (κ3) is 3.06. The zero-order chi connectivity index (χ0) is 13.0. The molecule has 4 heteroatoms. The number of esters is 1. The van der Waals surface area contributed by atoms with E-state index in [2.05, 4.69) is 4.98 Å². The number of carbonyl (C=O) groups is 1. The van der Waals surface area contributed by atoms with Gasteiger partial charge in [0, 0.05) is 11.6 Å². The molecule has 0 amide bonds. The molecule has 0 unspecified atom stereocenters. The Morgan fingerprint density at radius 2 is 2.11 bits per heavy atom. The lowest BCUT2D eigenvalue weighted by molar-refractivity contribution is -0.149. The summed E-state index contributed by atoms with van der Waals surface area (Å²) in [4.78, 5) is 15.7. The third-order valence-electron chi connectivity index (χ3n) is 3.52. The summed E-state index contributed by atoms with van der Waals surface area (Å²) in [7, 11) is 0. The van der Waals surface area contributed by atoms with Gasteiger partial charge in [0.2, 0.25) is 0 Å². The number of ether oxygens (including phenoxy) is 1. The molecule has 0 N–H and O–H groups in total. The van der Waals surface area contributed by atoms with Gasteiger partial charge in [-0.1, -0.05) is 0 Å². The fraction of sp³-hybridized carbons (Fsp3) is 0.571. The van der Waals surface area contributed by atoms with Crippen LogP contribution in [0.3, 0.4) is 0 Å². The molecule has 1 saturated carbocycles. The number of carbonyl (C=O) groups excluding carboxylic acids is 1. The minimum atomic E-state index is -0.307. The van der Waals surface area contributed by atoms with Gasteiger partial charge in [0.25, 0.3) is 0 Å². The van der Waals surface area contributed by atoms with E-state index in [1.54, 1.807) is 6.07 Å². The molecule has 1 aliphatic carbocycles. The fourth-order valence-corrected chi connectivity index (χ4v) is 2.51. The van der Waals surface area contributed by atoms with Crippen LogP contribution < -0.4 is 0 Å². The van der Waals surface area contributed by atoms with Gasteiger partial charge in [0.15, 0.2) is 0 Å². The Bertz CT molecular complexity index is 397. The molecule has 1 heterocycles. The molecule has 0 aliphatic heterocycles. The van der Waals surface area contributed by atoms with Crippen LogP contribution in [0.1, 0.15) is 44.2 Å². The number of hydrogen-bond donors (Lipinski definition) is 0. The standard InChI is InChI=1S/C14H18FNO2/c1-2-18-14(17)11-5-3-10(4-6-11)13-8-7-12(15)9-16-13/h7-11H,2-6H2,1H3/t10-,11-. The molecule has 0 aromatic carbocycles. The highest BCUT2D eigenvalue weighted by Crippen LogP contribution is 2.35. The van der Waals surface area contributed by atoms with Crippen molar-refractivity contribution >= 4 is 5.97 Å². The lowest BCUT2D eigenvalue weighted by Gasteiger charge is -2.26. The van der Waals surface area contributed by atoms with E-state index in [0.717, 1.165) is 31.4 Å². The van der Waals surface area contributed by atoms with Gasteiger partial charge < -0.3 is 4.74 Å². The molecule has 18 heavy (non-hydrogen) atoms. The summed E-state index contributed by atoms with van der Waals surface area (Å²) in [6, 6.07) is 3.18. The number of aromatic nitrogens is 1. The summed E-state index contributed by atoms with van der Waals surface area (Å²) in [6.07, 6.45) is 4.77. The van der Waals surface area contributed by atoms with Crippen molar-refractivity contribution in [2.75, 3.05) is 6.61 Å². The number of hydrogen-bond acceptors (Lipinski definition) is 3. The second kappa shape index (κ2) is 5.94. The van der Waals surface area contributed by atoms with Crippen molar-refractivity contribution in [1.29, 1.82) is 0 Å². The highest BCUT2D eigenvalue weighted by atomic mass is 19.1. The van der Waals surface area contributed by atoms with Gasteiger partial charge in [-0.15, -0.1) is 0 Å². The van der Waals surface area contributed by atoms with Crippen LogP contribution in [-0.2, 0) is 9.53 Å². The van der Waals surface area contributed by atoms with Crippen LogP contribution in [0.25, 0.3) is 0 Å². The van der Waals surface area contributed by atoms with E-state index in [9.17, 15) is 9.18 Å². The average Bonchev–Trinajstić information content (AvgIpc) is 2.40. The van der Waals surface area contributed by atoms with Crippen molar-refractivity contribution in [2.24, 2.45) is 5.92 Å². The second-order valence-electron chi connectivity index (χ2n) is 4.70. The summed E-state index contributed by atoms with van der Waals surface area (Å²) in [5, 5.41) is 0. The lowest BCUT2D eigenvalue weighted by Crippen LogP contribution is -2.23. The summed E-state index contributed by atoms with van der Waals surface area (Å²) in [5.74, 6) is -0.0140. The first-order valence-corrected chi connectivity index (χ1v) is 6.48. The highest BCUT2D eigenvalue weighted by molar-refractivity contribution is 5.72. The average molecular weight is 251 g/mol. The van der Waals surface area contributed by atoms with Crippen LogP contribution in [0.5, 0.6) is 0 Å². The van der Waals surface area contributed by atoms with Crippen LogP contribution in [-0.4, -0.2) is 17.6 Å². The maximum Gasteiger partial charge on any atom is 0.308 e. The molecule has 1 fully saturated rings. The van der Waals surface area contributed by atoms with E-state index in [4.69, 9.17) is 4.74 Å². The third-order valence-corrected chi connectivity index (χ3v) is 3.52. The minimum absolute atomic E-state index is 0.0293. The second-order valence-corrected chi connectivity index (χ2v) is 4.70. The van der Waals surface area contributed by atoms with Gasteiger partial charge in [0.05, 0.1) is 18.7 Å². The molecule has 0 atom stereocenters. The zero-order valence-electron chi connectivity index (χ0n) is 10.6. The van der Waals surface area contributed by atoms with Gasteiger partial charge in [-0.25, -0.2) is 4.39 Å². The topological polar surface area (TPSA) is 39.2 Å². The number of pyridine rings is 1. The molecular weight excluding hydrogens is 233 g/mol. The SMILES string of the molecule is CCOC(=O)[C@H]1CC[C@H](c2ccc(F)cn2)CC1. The van der Waals surface area contributed by atoms with E-state index in [1.807, 2.05) is 6.92 Å². The Hall–Kier alpha value is -1.45. The van der Waals surface area contributed by atoms with Crippen LogP contribution in [0.15, 0.2) is 18.3 Å². The number of rotatable bonds is 3. The van der Waals surface area contributed by atoms with Crippen LogP contribution in [0, 0.1) is 11.7 Å². The first kappa shape index (κ1) is 13.0. The van der Waals surface area contributed by atoms with Gasteiger partial charge in [0.1, 0.15) is 5.82 Å². The predicted molar refractivity (Wildman–Crippen MR) is 65.5 cm³/mol. The molecule has 98 valence electrons. The first-order chi connectivity index (χ1) is 8.70. The van der Waals surface area contributed by atoms with Crippen molar-refractivity contribution in [2.45, 2.75) is 38.5 Å². The van der Waals surface area contributed by atoms with Crippen molar-refractivity contribution in [1.82, 2.24) is 4.98 Å². The van der Waals surface area contributed by atoms with E-state index < -0.39 is 0 Å². The Kier molecular flexibility index (Phi) is 4.28. The number of halogens is 1. The fourth-order valence-electron chi connectivity index (χ4n) is 2.51. The van der Waals surface area contributed by atoms with Gasteiger partial charge in [-0.2, -0.15) is 0 Å². The maximum atomic E-state index is 12.8. The van der Waals surface area contributed by atoms with Crippen molar-refractivity contribution in [3.05, 3.63) is 29.8 Å². The van der Waals surface area contributed by atoms with Crippen LogP contribution in [0.2, 0.25) is 0 Å². The summed E-state index contributed by atoms with van der Waals surface area (Å²) in [6.45, 7) is 2.27. The zero-order valence-corrected chi connectivity index (χ0v) is 10.6. The normalized spacial score (nSPS) is 23.7. The molecule has 3 nitrogen and oxygen atoms in total. The van der Waals surface area contributed by atoms with Gasteiger partial charge in [-0.05, 0) is 44.7 Å². The number of nitrogens with zero attached hydrogens (tertiary/aromatic N) is 1. The molecule has 1 aromatic heterocycles. The Morgan fingerprint density at radius 3 is 2.67 bits per heavy atom. The predicted octanol–water partition coefficient (Wildman–Crippen LogP) is 3.06. The molecule has 2 rings (SSSR count). The van der Waals surface area contributed by atoms with E-state index >= 15 is 0 Å². The van der Waals surface area contributed by atoms with Crippen molar-refractivity contribution in [3.8, 4) is 0 Å². The smallest absolute Gasteiger partial charge is 0.308 e. The molecule has 1 aromatic rings. The van der Waals surface area contributed by atoms with Crippen LogP contribution >= 0.6 is 0 Å². The summed E-state index contributed by atoms with van der Waals surface area (Å²) in [5.41, 5.74) is 0.929. The summed E-state index contributed by atoms with van der Waals surface area (Å²) < 4.78 is 17.8. The minimum Gasteiger partial charge on any atom is -0.466 e. The molecule has 0 radical (unpaired) electrons. The van der Waals surface area contributed by atoms with Crippen LogP contribution in [0.4, 0.5) is 4.39 Å². The van der Waals surface area contributed by atoms with Gasteiger partial charge in [-0.3, -0.25) is 9.78 Å². The quantitative estimate of drug-likeness (QED) is 0.775.